The zero-order chi connectivity index (χ0) is 18.6. The third-order valence-electron chi connectivity index (χ3n) is 5.60. The van der Waals surface area contributed by atoms with E-state index in [-0.39, 0.29) is 5.92 Å². The van der Waals surface area contributed by atoms with Crippen LogP contribution in [0.4, 0.5) is 0 Å². The molecule has 0 radical (unpaired) electrons. The highest BCUT2D eigenvalue weighted by atomic mass is 16.5. The first-order valence-electron chi connectivity index (χ1n) is 9.67. The van der Waals surface area contributed by atoms with Crippen molar-refractivity contribution in [1.29, 1.82) is 0 Å². The molecule has 1 aliphatic carbocycles. The largest absolute Gasteiger partial charge is 0.497 e. The van der Waals surface area contributed by atoms with Gasteiger partial charge in [0, 0.05) is 32.1 Å². The molecule has 1 saturated heterocycles. The second-order valence-electron chi connectivity index (χ2n) is 7.29. The molecule has 0 N–H and O–H groups in total. The maximum atomic E-state index is 12.6. The van der Waals surface area contributed by atoms with Crippen molar-refractivity contribution in [2.24, 2.45) is 5.92 Å². The van der Waals surface area contributed by atoms with Gasteiger partial charge >= 0.3 is 0 Å². The van der Waals surface area contributed by atoms with E-state index >= 15 is 0 Å². The second-order valence-corrected chi connectivity index (χ2v) is 7.29. The summed E-state index contributed by atoms with van der Waals surface area (Å²) in [6, 6.07) is 7.68. The number of hydrogen-bond donors (Lipinski definition) is 0. The van der Waals surface area contributed by atoms with E-state index in [0.717, 1.165) is 56.3 Å². The summed E-state index contributed by atoms with van der Waals surface area (Å²) in [5.41, 5.74) is 0.908. The lowest BCUT2D eigenvalue weighted by Crippen LogP contribution is -2.49. The molecule has 2 aromatic rings. The number of tetrazole rings is 1. The van der Waals surface area contributed by atoms with Crippen LogP contribution in [-0.2, 0) is 11.3 Å². The number of carbonyl (C=O) groups excluding carboxylic acids is 1. The fourth-order valence-electron chi connectivity index (χ4n) is 3.99. The molecule has 1 aliphatic heterocycles. The van der Waals surface area contributed by atoms with Gasteiger partial charge in [-0.3, -0.25) is 9.69 Å². The predicted octanol–water partition coefficient (Wildman–Crippen LogP) is 1.51. The Bertz CT molecular complexity index is 761. The number of carbonyl (C=O) groups is 1. The van der Waals surface area contributed by atoms with E-state index in [1.807, 2.05) is 29.2 Å². The predicted molar refractivity (Wildman–Crippen MR) is 99.5 cm³/mol. The number of amides is 1. The van der Waals surface area contributed by atoms with Crippen LogP contribution in [0.25, 0.3) is 5.69 Å². The molecule has 0 unspecified atom stereocenters. The first kappa shape index (κ1) is 17.9. The number of nitrogens with zero attached hydrogens (tertiary/aromatic N) is 6. The molecule has 1 aromatic carbocycles. The van der Waals surface area contributed by atoms with Crippen molar-refractivity contribution in [1.82, 2.24) is 30.0 Å². The summed E-state index contributed by atoms with van der Waals surface area (Å²) < 4.78 is 6.96. The summed E-state index contributed by atoms with van der Waals surface area (Å²) in [6.07, 6.45) is 4.53. The van der Waals surface area contributed by atoms with Gasteiger partial charge in [-0.1, -0.05) is 12.8 Å². The van der Waals surface area contributed by atoms with E-state index in [0.29, 0.717) is 12.5 Å². The quantitative estimate of drug-likeness (QED) is 0.794. The molecule has 0 spiro atoms. The van der Waals surface area contributed by atoms with Crippen LogP contribution in [0, 0.1) is 5.92 Å². The highest BCUT2D eigenvalue weighted by Gasteiger charge is 2.29. The monoisotopic (exact) mass is 370 g/mol. The Balaban J connectivity index is 1.35. The maximum Gasteiger partial charge on any atom is 0.225 e. The smallest absolute Gasteiger partial charge is 0.225 e. The Hall–Kier alpha value is -2.48. The lowest BCUT2D eigenvalue weighted by atomic mass is 10.1. The van der Waals surface area contributed by atoms with Gasteiger partial charge in [0.05, 0.1) is 19.3 Å². The van der Waals surface area contributed by atoms with Gasteiger partial charge in [0.15, 0.2) is 5.82 Å². The molecule has 27 heavy (non-hydrogen) atoms. The van der Waals surface area contributed by atoms with E-state index in [1.165, 1.54) is 12.8 Å². The number of hydrogen-bond acceptors (Lipinski definition) is 6. The lowest BCUT2D eigenvalue weighted by molar-refractivity contribution is -0.137. The standard InChI is InChI=1S/C19H26N6O2/c1-27-17-8-6-16(7-9-17)25-18(20-21-22-25)14-23-10-12-24(13-11-23)19(26)15-4-2-3-5-15/h6-9,15H,2-5,10-14H2,1H3. The molecule has 8 nitrogen and oxygen atoms in total. The van der Waals surface area contributed by atoms with Gasteiger partial charge in [0.1, 0.15) is 5.75 Å². The summed E-state index contributed by atoms with van der Waals surface area (Å²) in [5.74, 6) is 2.22. The summed E-state index contributed by atoms with van der Waals surface area (Å²) in [4.78, 5) is 16.9. The van der Waals surface area contributed by atoms with Gasteiger partial charge in [-0.15, -0.1) is 5.10 Å². The third kappa shape index (κ3) is 3.95. The summed E-state index contributed by atoms with van der Waals surface area (Å²) in [7, 11) is 1.65. The Labute approximate surface area is 159 Å². The van der Waals surface area contributed by atoms with Crippen molar-refractivity contribution in [3.63, 3.8) is 0 Å². The summed E-state index contributed by atoms with van der Waals surface area (Å²) in [6.45, 7) is 3.96. The third-order valence-corrected chi connectivity index (χ3v) is 5.60. The number of aromatic nitrogens is 4. The van der Waals surface area contributed by atoms with Gasteiger partial charge in [0.25, 0.3) is 0 Å². The number of ether oxygens (including phenoxy) is 1. The van der Waals surface area contributed by atoms with Gasteiger partial charge < -0.3 is 9.64 Å². The average molecular weight is 370 g/mol. The zero-order valence-electron chi connectivity index (χ0n) is 15.8. The van der Waals surface area contributed by atoms with Crippen LogP contribution in [0.3, 0.4) is 0 Å². The first-order chi connectivity index (χ1) is 13.2. The van der Waals surface area contributed by atoms with Crippen LogP contribution < -0.4 is 4.74 Å². The lowest BCUT2D eigenvalue weighted by Gasteiger charge is -2.35. The second kappa shape index (κ2) is 8.04. The molecule has 2 aliphatic rings. The topological polar surface area (TPSA) is 76.4 Å². The van der Waals surface area contributed by atoms with Crippen LogP contribution in [0.5, 0.6) is 5.75 Å². The van der Waals surface area contributed by atoms with Crippen LogP contribution >= 0.6 is 0 Å². The van der Waals surface area contributed by atoms with Crippen LogP contribution in [0.15, 0.2) is 24.3 Å². The molecule has 1 amide bonds. The number of methoxy groups -OCH3 is 1. The van der Waals surface area contributed by atoms with Crippen molar-refractivity contribution in [2.45, 2.75) is 32.2 Å². The van der Waals surface area contributed by atoms with Gasteiger partial charge in [-0.05, 0) is 47.5 Å². The minimum atomic E-state index is 0.263. The van der Waals surface area contributed by atoms with E-state index in [2.05, 4.69) is 20.4 Å². The number of piperazine rings is 1. The zero-order valence-corrected chi connectivity index (χ0v) is 15.8. The SMILES string of the molecule is COc1ccc(-n2nnnc2CN2CCN(C(=O)C3CCCC3)CC2)cc1. The van der Waals surface area contributed by atoms with Gasteiger partial charge in [-0.2, -0.15) is 4.68 Å². The Morgan fingerprint density at radius 2 is 1.81 bits per heavy atom. The molecular weight excluding hydrogens is 344 g/mol. The van der Waals surface area contributed by atoms with E-state index in [9.17, 15) is 4.79 Å². The minimum absolute atomic E-state index is 0.263. The molecule has 4 rings (SSSR count). The van der Waals surface area contributed by atoms with Crippen molar-refractivity contribution in [3.8, 4) is 11.4 Å². The van der Waals surface area contributed by atoms with E-state index < -0.39 is 0 Å². The fraction of sp³-hybridized carbons (Fsp3) is 0.579. The average Bonchev–Trinajstić information content (AvgIpc) is 3.40. The Kier molecular flexibility index (Phi) is 5.33. The molecule has 0 atom stereocenters. The number of benzene rings is 1. The minimum Gasteiger partial charge on any atom is -0.497 e. The summed E-state index contributed by atoms with van der Waals surface area (Å²) >= 11 is 0. The maximum absolute atomic E-state index is 12.6. The Morgan fingerprint density at radius 3 is 2.48 bits per heavy atom. The molecule has 144 valence electrons. The highest BCUT2D eigenvalue weighted by Crippen LogP contribution is 2.27. The molecular formula is C19H26N6O2. The van der Waals surface area contributed by atoms with Gasteiger partial charge in [-0.25, -0.2) is 0 Å². The molecule has 0 bridgehead atoms. The molecule has 2 heterocycles. The number of rotatable bonds is 5. The van der Waals surface area contributed by atoms with E-state index in [1.54, 1.807) is 11.8 Å². The normalized spacial score (nSPS) is 18.8. The molecule has 1 aromatic heterocycles. The molecule has 2 fully saturated rings. The van der Waals surface area contributed by atoms with Crippen molar-refractivity contribution < 1.29 is 9.53 Å². The first-order valence-corrected chi connectivity index (χ1v) is 9.67. The van der Waals surface area contributed by atoms with Crippen molar-refractivity contribution >= 4 is 5.91 Å². The van der Waals surface area contributed by atoms with Gasteiger partial charge in [0.2, 0.25) is 5.91 Å². The van der Waals surface area contributed by atoms with Crippen molar-refractivity contribution in [2.75, 3.05) is 33.3 Å². The van der Waals surface area contributed by atoms with Crippen molar-refractivity contribution in [3.05, 3.63) is 30.1 Å². The highest BCUT2D eigenvalue weighted by molar-refractivity contribution is 5.79. The Morgan fingerprint density at radius 1 is 1.11 bits per heavy atom. The van der Waals surface area contributed by atoms with E-state index in [4.69, 9.17) is 4.74 Å². The molecule has 8 heteroatoms. The van der Waals surface area contributed by atoms with Crippen LogP contribution in [-0.4, -0.2) is 69.2 Å². The van der Waals surface area contributed by atoms with Crippen LogP contribution in [0.1, 0.15) is 31.5 Å². The fourth-order valence-corrected chi connectivity index (χ4v) is 3.99. The molecule has 1 saturated carbocycles. The summed E-state index contributed by atoms with van der Waals surface area (Å²) in [5, 5.41) is 12.2. The van der Waals surface area contributed by atoms with Crippen LogP contribution in [0.2, 0.25) is 0 Å².